The molecule has 0 saturated heterocycles. The zero-order valence-corrected chi connectivity index (χ0v) is 16.7. The number of rotatable bonds is 7. The van der Waals surface area contributed by atoms with Crippen LogP contribution in [0.5, 0.6) is 17.2 Å². The van der Waals surface area contributed by atoms with Gasteiger partial charge in [0.2, 0.25) is 0 Å². The molecule has 2 rings (SSSR count). The maximum Gasteiger partial charge on any atom is 0.257 e. The molecule has 144 valence electrons. The van der Waals surface area contributed by atoms with Crippen molar-refractivity contribution in [2.45, 2.75) is 26.4 Å². The third-order valence-electron chi connectivity index (χ3n) is 3.91. The lowest BCUT2D eigenvalue weighted by molar-refractivity contribution is 0.0977. The first kappa shape index (κ1) is 20.5. The van der Waals surface area contributed by atoms with Crippen LogP contribution in [0.1, 0.15) is 30.6 Å². The predicted molar refractivity (Wildman–Crippen MR) is 110 cm³/mol. The first-order valence-corrected chi connectivity index (χ1v) is 8.98. The molecule has 6 nitrogen and oxygen atoms in total. The van der Waals surface area contributed by atoms with Crippen LogP contribution in [-0.2, 0) is 0 Å². The fraction of sp³-hybridized carbons (Fsp3) is 0.300. The van der Waals surface area contributed by atoms with E-state index in [2.05, 4.69) is 17.6 Å². The van der Waals surface area contributed by atoms with Crippen LogP contribution in [0, 0.1) is 0 Å². The maximum absolute atomic E-state index is 12.4. The number of thiocarbonyl (C=S) groups is 1. The van der Waals surface area contributed by atoms with Gasteiger partial charge in [-0.25, -0.2) is 0 Å². The number of ether oxygens (including phenoxy) is 3. The molecule has 1 amide bonds. The van der Waals surface area contributed by atoms with Crippen molar-refractivity contribution < 1.29 is 19.0 Å². The second-order valence-electron chi connectivity index (χ2n) is 5.84. The molecule has 2 N–H and O–H groups in total. The highest BCUT2D eigenvalue weighted by Crippen LogP contribution is 2.28. The van der Waals surface area contributed by atoms with Crippen molar-refractivity contribution in [1.82, 2.24) is 5.32 Å². The number of methoxy groups -OCH3 is 2. The molecule has 0 radical (unpaired) electrons. The van der Waals surface area contributed by atoms with Crippen molar-refractivity contribution in [2.24, 2.45) is 0 Å². The molecule has 2 aromatic carbocycles. The van der Waals surface area contributed by atoms with Crippen LogP contribution in [0.4, 0.5) is 5.69 Å². The Morgan fingerprint density at radius 3 is 2.33 bits per heavy atom. The van der Waals surface area contributed by atoms with Gasteiger partial charge in [0.05, 0.1) is 26.0 Å². The molecule has 0 aliphatic carbocycles. The van der Waals surface area contributed by atoms with E-state index in [4.69, 9.17) is 26.4 Å². The average molecular weight is 388 g/mol. The Bertz CT molecular complexity index is 793. The Morgan fingerprint density at radius 2 is 1.74 bits per heavy atom. The summed E-state index contributed by atoms with van der Waals surface area (Å²) in [6, 6.07) is 12.2. The van der Waals surface area contributed by atoms with E-state index in [0.29, 0.717) is 22.7 Å². The van der Waals surface area contributed by atoms with Crippen LogP contribution < -0.4 is 24.8 Å². The van der Waals surface area contributed by atoms with Gasteiger partial charge < -0.3 is 19.5 Å². The summed E-state index contributed by atoms with van der Waals surface area (Å²) in [4.78, 5) is 12.4. The van der Waals surface area contributed by atoms with Gasteiger partial charge in [0.15, 0.2) is 5.11 Å². The monoisotopic (exact) mass is 388 g/mol. The SMILES string of the molecule is CCC(C)Oc1ccc(C(=O)NC(=S)Nc2cc(OC)ccc2OC)cc1. The summed E-state index contributed by atoms with van der Waals surface area (Å²) in [6.07, 6.45) is 1.04. The van der Waals surface area contributed by atoms with Crippen LogP contribution in [-0.4, -0.2) is 31.3 Å². The van der Waals surface area contributed by atoms with E-state index in [0.717, 1.165) is 12.2 Å². The second-order valence-corrected chi connectivity index (χ2v) is 6.24. The third-order valence-corrected chi connectivity index (χ3v) is 4.11. The third kappa shape index (κ3) is 5.86. The van der Waals surface area contributed by atoms with E-state index in [1.807, 2.05) is 6.92 Å². The molecule has 0 aliphatic heterocycles. The minimum Gasteiger partial charge on any atom is -0.497 e. The van der Waals surface area contributed by atoms with Gasteiger partial charge in [0.1, 0.15) is 17.2 Å². The number of benzene rings is 2. The molecular weight excluding hydrogens is 364 g/mol. The van der Waals surface area contributed by atoms with E-state index >= 15 is 0 Å². The van der Waals surface area contributed by atoms with Gasteiger partial charge in [-0.3, -0.25) is 10.1 Å². The molecule has 0 spiro atoms. The largest absolute Gasteiger partial charge is 0.497 e. The summed E-state index contributed by atoms with van der Waals surface area (Å²) in [5.74, 6) is 1.63. The predicted octanol–water partition coefficient (Wildman–Crippen LogP) is 4.01. The highest BCUT2D eigenvalue weighted by molar-refractivity contribution is 7.80. The Hall–Kier alpha value is -2.80. The van der Waals surface area contributed by atoms with Crippen LogP contribution in [0.2, 0.25) is 0 Å². The fourth-order valence-electron chi connectivity index (χ4n) is 2.24. The molecule has 1 unspecified atom stereocenters. The lowest BCUT2D eigenvalue weighted by atomic mass is 10.2. The molecule has 7 heteroatoms. The van der Waals surface area contributed by atoms with E-state index in [9.17, 15) is 4.79 Å². The zero-order valence-electron chi connectivity index (χ0n) is 15.9. The van der Waals surface area contributed by atoms with Gasteiger partial charge in [-0.15, -0.1) is 0 Å². The van der Waals surface area contributed by atoms with Gasteiger partial charge in [0.25, 0.3) is 5.91 Å². The van der Waals surface area contributed by atoms with Crippen LogP contribution in [0.15, 0.2) is 42.5 Å². The van der Waals surface area contributed by atoms with Crippen molar-refractivity contribution in [3.05, 3.63) is 48.0 Å². The van der Waals surface area contributed by atoms with Crippen LogP contribution in [0.3, 0.4) is 0 Å². The molecule has 0 aromatic heterocycles. The lowest BCUT2D eigenvalue weighted by Gasteiger charge is -2.14. The number of nitrogens with one attached hydrogen (secondary N) is 2. The quantitative estimate of drug-likeness (QED) is 0.699. The average Bonchev–Trinajstić information content (AvgIpc) is 2.68. The van der Waals surface area contributed by atoms with E-state index in [1.165, 1.54) is 0 Å². The minimum absolute atomic E-state index is 0.124. The molecule has 0 aliphatic rings. The van der Waals surface area contributed by atoms with Crippen molar-refractivity contribution in [2.75, 3.05) is 19.5 Å². The van der Waals surface area contributed by atoms with Gasteiger partial charge >= 0.3 is 0 Å². The van der Waals surface area contributed by atoms with Gasteiger partial charge in [-0.1, -0.05) is 6.92 Å². The van der Waals surface area contributed by atoms with E-state index < -0.39 is 0 Å². The van der Waals surface area contributed by atoms with E-state index in [1.54, 1.807) is 56.7 Å². The molecule has 0 saturated carbocycles. The first-order chi connectivity index (χ1) is 13.0. The van der Waals surface area contributed by atoms with Crippen molar-refractivity contribution in [3.63, 3.8) is 0 Å². The fourth-order valence-corrected chi connectivity index (χ4v) is 2.44. The minimum atomic E-state index is -0.315. The highest BCUT2D eigenvalue weighted by atomic mass is 32.1. The molecule has 0 heterocycles. The normalized spacial score (nSPS) is 11.3. The summed E-state index contributed by atoms with van der Waals surface area (Å²) < 4.78 is 16.2. The number of anilines is 1. The topological polar surface area (TPSA) is 68.8 Å². The van der Waals surface area contributed by atoms with E-state index in [-0.39, 0.29) is 17.1 Å². The number of hydrogen-bond acceptors (Lipinski definition) is 5. The lowest BCUT2D eigenvalue weighted by Crippen LogP contribution is -2.34. The zero-order chi connectivity index (χ0) is 19.8. The van der Waals surface area contributed by atoms with Crippen LogP contribution >= 0.6 is 12.2 Å². The summed E-state index contributed by atoms with van der Waals surface area (Å²) in [7, 11) is 3.12. The van der Waals surface area contributed by atoms with Crippen LogP contribution in [0.25, 0.3) is 0 Å². The van der Waals surface area contributed by atoms with Gasteiger partial charge in [-0.2, -0.15) is 0 Å². The second kappa shape index (κ2) is 9.78. The summed E-state index contributed by atoms with van der Waals surface area (Å²) >= 11 is 5.23. The Balaban J connectivity index is 2.00. The summed E-state index contributed by atoms with van der Waals surface area (Å²) in [6.45, 7) is 4.05. The molecule has 1 atom stereocenters. The standard InChI is InChI=1S/C20H24N2O4S/c1-5-13(2)26-15-8-6-14(7-9-15)19(23)22-20(27)21-17-12-16(24-3)10-11-18(17)25-4/h6-13H,5H2,1-4H3,(H2,21,22,23,27). The first-order valence-electron chi connectivity index (χ1n) is 8.57. The highest BCUT2D eigenvalue weighted by Gasteiger charge is 2.11. The van der Waals surface area contributed by atoms with Crippen molar-refractivity contribution in [3.8, 4) is 17.2 Å². The number of carbonyl (C=O) groups is 1. The molecular formula is C20H24N2O4S. The van der Waals surface area contributed by atoms with Crippen molar-refractivity contribution in [1.29, 1.82) is 0 Å². The number of amides is 1. The molecule has 27 heavy (non-hydrogen) atoms. The number of hydrogen-bond donors (Lipinski definition) is 2. The van der Waals surface area contributed by atoms with Gasteiger partial charge in [-0.05, 0) is 62.0 Å². The van der Waals surface area contributed by atoms with Gasteiger partial charge in [0, 0.05) is 11.6 Å². The summed E-state index contributed by atoms with van der Waals surface area (Å²) in [5, 5.41) is 5.76. The smallest absolute Gasteiger partial charge is 0.257 e. The van der Waals surface area contributed by atoms with Crippen molar-refractivity contribution >= 4 is 28.9 Å². The Kier molecular flexibility index (Phi) is 7.43. The Morgan fingerprint density at radius 1 is 1.07 bits per heavy atom. The number of carbonyl (C=O) groups excluding carboxylic acids is 1. The molecule has 2 aromatic rings. The summed E-state index contributed by atoms with van der Waals surface area (Å²) in [5.41, 5.74) is 1.08. The Labute approximate surface area is 164 Å². The maximum atomic E-state index is 12.4. The molecule has 0 bridgehead atoms. The molecule has 0 fully saturated rings.